The summed E-state index contributed by atoms with van der Waals surface area (Å²) in [5.74, 6) is 1.12. The highest BCUT2D eigenvalue weighted by Crippen LogP contribution is 2.37. The van der Waals surface area contributed by atoms with Crippen molar-refractivity contribution in [3.63, 3.8) is 0 Å². The number of hydrogen-bond donors (Lipinski definition) is 0. The van der Waals surface area contributed by atoms with E-state index in [1.165, 1.54) is 11.1 Å². The van der Waals surface area contributed by atoms with Crippen molar-refractivity contribution in [2.45, 2.75) is 6.04 Å². The van der Waals surface area contributed by atoms with Gasteiger partial charge in [0.05, 0.1) is 23.8 Å². The number of fused-ring (bicyclic) bond motifs is 1. The Morgan fingerprint density at radius 2 is 1.53 bits per heavy atom. The van der Waals surface area contributed by atoms with Crippen molar-refractivity contribution < 1.29 is 9.53 Å². The molecule has 0 aliphatic carbocycles. The van der Waals surface area contributed by atoms with Gasteiger partial charge >= 0.3 is 0 Å². The number of para-hydroxylation sites is 1. The third-order valence-corrected chi connectivity index (χ3v) is 8.40. The van der Waals surface area contributed by atoms with Crippen LogP contribution < -0.4 is 9.64 Å². The van der Waals surface area contributed by atoms with Crippen molar-refractivity contribution in [2.24, 2.45) is 5.92 Å². The van der Waals surface area contributed by atoms with E-state index in [0.29, 0.717) is 0 Å². The van der Waals surface area contributed by atoms with Gasteiger partial charge in [-0.1, -0.05) is 78.1 Å². The summed E-state index contributed by atoms with van der Waals surface area (Å²) < 4.78 is 6.57. The third-order valence-electron chi connectivity index (χ3n) is 7.31. The molecule has 2 fully saturated rings. The third kappa shape index (κ3) is 4.33. The topological polar surface area (TPSA) is 48.9 Å². The van der Waals surface area contributed by atoms with Crippen LogP contribution in [0, 0.1) is 5.92 Å². The molecular formula is C29H30N4O2S. The van der Waals surface area contributed by atoms with Gasteiger partial charge in [-0.3, -0.25) is 9.69 Å². The van der Waals surface area contributed by atoms with Crippen LogP contribution >= 0.6 is 11.3 Å². The van der Waals surface area contributed by atoms with Crippen LogP contribution in [0.15, 0.2) is 78.9 Å². The second-order valence-corrected chi connectivity index (χ2v) is 10.5. The number of thiazole rings is 1. The lowest BCUT2D eigenvalue weighted by Gasteiger charge is -2.44. The number of ether oxygens (including phenoxy) is 1. The lowest BCUT2D eigenvalue weighted by molar-refractivity contribution is -0.138. The minimum absolute atomic E-state index is 0.0458. The molecule has 6 nitrogen and oxygen atoms in total. The van der Waals surface area contributed by atoms with E-state index in [1.807, 2.05) is 12.1 Å². The normalized spacial score (nSPS) is 16.9. The zero-order valence-electron chi connectivity index (χ0n) is 20.4. The molecule has 2 aliphatic heterocycles. The first-order valence-electron chi connectivity index (χ1n) is 12.5. The van der Waals surface area contributed by atoms with Crippen molar-refractivity contribution in [1.29, 1.82) is 0 Å². The first-order valence-corrected chi connectivity index (χ1v) is 13.3. The zero-order valence-corrected chi connectivity index (χ0v) is 21.2. The van der Waals surface area contributed by atoms with E-state index in [1.54, 1.807) is 18.4 Å². The van der Waals surface area contributed by atoms with Gasteiger partial charge in [0, 0.05) is 39.3 Å². The van der Waals surface area contributed by atoms with Gasteiger partial charge in [-0.15, -0.1) is 0 Å². The summed E-state index contributed by atoms with van der Waals surface area (Å²) >= 11 is 1.66. The molecule has 0 unspecified atom stereocenters. The number of carbonyl (C=O) groups is 1. The summed E-state index contributed by atoms with van der Waals surface area (Å²) in [5, 5.41) is 0.969. The van der Waals surface area contributed by atoms with Crippen LogP contribution in [-0.2, 0) is 4.79 Å². The Hall–Kier alpha value is -3.42. The van der Waals surface area contributed by atoms with Crippen molar-refractivity contribution in [3.8, 4) is 5.75 Å². The lowest BCUT2D eigenvalue weighted by Crippen LogP contribution is -2.58. The number of rotatable bonds is 6. The fraction of sp³-hybridized carbons (Fsp3) is 0.310. The number of carbonyl (C=O) groups excluding carboxylic acids is 1. The largest absolute Gasteiger partial charge is 0.494 e. The van der Waals surface area contributed by atoms with Crippen molar-refractivity contribution in [3.05, 3.63) is 90.0 Å². The highest BCUT2D eigenvalue weighted by molar-refractivity contribution is 7.22. The van der Waals surface area contributed by atoms with E-state index >= 15 is 0 Å². The Kier molecular flexibility index (Phi) is 6.34. The van der Waals surface area contributed by atoms with Crippen molar-refractivity contribution in [2.75, 3.05) is 51.3 Å². The molecule has 0 saturated carbocycles. The van der Waals surface area contributed by atoms with Crippen LogP contribution in [0.4, 0.5) is 5.13 Å². The quantitative estimate of drug-likeness (QED) is 0.387. The van der Waals surface area contributed by atoms with Gasteiger partial charge in [0.1, 0.15) is 11.3 Å². The average Bonchev–Trinajstić information content (AvgIpc) is 3.33. The highest BCUT2D eigenvalue weighted by Gasteiger charge is 2.38. The van der Waals surface area contributed by atoms with E-state index in [9.17, 15) is 4.79 Å². The van der Waals surface area contributed by atoms with Crippen LogP contribution in [0.3, 0.4) is 0 Å². The number of aromatic nitrogens is 1. The number of piperazine rings is 1. The first-order chi connectivity index (χ1) is 17.7. The molecule has 0 N–H and O–H groups in total. The van der Waals surface area contributed by atoms with Gasteiger partial charge in [0.15, 0.2) is 5.13 Å². The molecule has 7 heteroatoms. The van der Waals surface area contributed by atoms with E-state index in [0.717, 1.165) is 60.4 Å². The van der Waals surface area contributed by atoms with Crippen LogP contribution in [0.5, 0.6) is 5.75 Å². The number of anilines is 1. The molecule has 2 saturated heterocycles. The molecule has 36 heavy (non-hydrogen) atoms. The molecule has 0 spiro atoms. The number of benzene rings is 3. The summed E-state index contributed by atoms with van der Waals surface area (Å²) in [7, 11) is 1.67. The van der Waals surface area contributed by atoms with Gasteiger partial charge in [-0.25, -0.2) is 4.98 Å². The predicted octanol–water partition coefficient (Wildman–Crippen LogP) is 4.67. The molecule has 0 bridgehead atoms. The van der Waals surface area contributed by atoms with Crippen LogP contribution in [-0.4, -0.2) is 67.1 Å². The maximum Gasteiger partial charge on any atom is 0.229 e. The van der Waals surface area contributed by atoms with E-state index in [2.05, 4.69) is 81.4 Å². The number of nitrogens with zero attached hydrogens (tertiary/aromatic N) is 4. The average molecular weight is 499 g/mol. The molecule has 2 aliphatic rings. The lowest BCUT2D eigenvalue weighted by atomic mass is 9.95. The molecule has 184 valence electrons. The second-order valence-electron chi connectivity index (χ2n) is 9.49. The standard InChI is InChI=1S/C29H30N4O2S/c1-35-24-13-8-14-25-26(24)30-29(36-25)33-19-23(20-33)28(34)32-17-15-31(16-18-32)27(21-9-4-2-5-10-21)22-11-6-3-7-12-22/h2-14,23,27H,15-20H2,1H3. The van der Waals surface area contributed by atoms with E-state index in [4.69, 9.17) is 9.72 Å². The second kappa shape index (κ2) is 9.91. The van der Waals surface area contributed by atoms with Crippen LogP contribution in [0.25, 0.3) is 10.2 Å². The molecule has 1 amide bonds. The Balaban J connectivity index is 1.09. The summed E-state index contributed by atoms with van der Waals surface area (Å²) in [5.41, 5.74) is 3.49. The fourth-order valence-corrected chi connectivity index (χ4v) is 6.35. The van der Waals surface area contributed by atoms with Crippen molar-refractivity contribution >= 4 is 32.6 Å². The Labute approximate surface area is 215 Å². The molecule has 0 radical (unpaired) electrons. The Morgan fingerprint density at radius 1 is 0.889 bits per heavy atom. The zero-order chi connectivity index (χ0) is 24.5. The summed E-state index contributed by atoms with van der Waals surface area (Å²) in [6.07, 6.45) is 0. The first kappa shape index (κ1) is 23.0. The van der Waals surface area contributed by atoms with Crippen LogP contribution in [0.1, 0.15) is 17.2 Å². The predicted molar refractivity (Wildman–Crippen MR) is 145 cm³/mol. The SMILES string of the molecule is COc1cccc2sc(N3CC(C(=O)N4CCN(C(c5ccccc5)c5ccccc5)CC4)C3)nc12. The molecule has 3 heterocycles. The van der Waals surface area contributed by atoms with Gasteiger partial charge in [0.25, 0.3) is 0 Å². The molecule has 6 rings (SSSR count). The van der Waals surface area contributed by atoms with Crippen LogP contribution in [0.2, 0.25) is 0 Å². The molecule has 4 aromatic rings. The van der Waals surface area contributed by atoms with Gasteiger partial charge in [-0.05, 0) is 23.3 Å². The minimum atomic E-state index is 0.0458. The number of hydrogen-bond acceptors (Lipinski definition) is 6. The van der Waals surface area contributed by atoms with Crippen molar-refractivity contribution in [1.82, 2.24) is 14.8 Å². The summed E-state index contributed by atoms with van der Waals surface area (Å²) in [4.78, 5) is 24.9. The molecule has 1 aromatic heterocycles. The van der Waals surface area contributed by atoms with E-state index in [-0.39, 0.29) is 17.9 Å². The van der Waals surface area contributed by atoms with Gasteiger partial charge < -0.3 is 14.5 Å². The Morgan fingerprint density at radius 3 is 2.14 bits per heavy atom. The smallest absolute Gasteiger partial charge is 0.229 e. The van der Waals surface area contributed by atoms with E-state index < -0.39 is 0 Å². The minimum Gasteiger partial charge on any atom is -0.494 e. The summed E-state index contributed by atoms with van der Waals surface area (Å²) in [6, 6.07) is 27.6. The summed E-state index contributed by atoms with van der Waals surface area (Å²) in [6.45, 7) is 4.74. The fourth-order valence-electron chi connectivity index (χ4n) is 5.35. The maximum atomic E-state index is 13.3. The number of methoxy groups -OCH3 is 1. The highest BCUT2D eigenvalue weighted by atomic mass is 32.1. The molecular weight excluding hydrogens is 468 g/mol. The number of amides is 1. The van der Waals surface area contributed by atoms with Gasteiger partial charge in [-0.2, -0.15) is 0 Å². The molecule has 3 aromatic carbocycles. The maximum absolute atomic E-state index is 13.3. The van der Waals surface area contributed by atoms with Gasteiger partial charge in [0.2, 0.25) is 5.91 Å². The monoisotopic (exact) mass is 498 g/mol. The molecule has 0 atom stereocenters. The Bertz CT molecular complexity index is 1290.